The van der Waals surface area contributed by atoms with Crippen LogP contribution in [0.3, 0.4) is 0 Å². The van der Waals surface area contributed by atoms with E-state index in [1.54, 1.807) is 6.08 Å². The largest absolute Gasteiger partial charge is 0.454 e. The molecule has 1 aromatic rings. The molecule has 0 bridgehead atoms. The number of likely N-dealkylation sites (tertiary alicyclic amines) is 1. The van der Waals surface area contributed by atoms with Crippen molar-refractivity contribution in [3.05, 3.63) is 36.4 Å². The highest BCUT2D eigenvalue weighted by Crippen LogP contribution is 2.33. The molecule has 0 radical (unpaired) electrons. The molecular formula is C21H29N3O3. The normalized spacial score (nSPS) is 23.4. The first kappa shape index (κ1) is 18.3. The fraction of sp³-hybridized carbons (Fsp3) is 0.571. The van der Waals surface area contributed by atoms with Crippen LogP contribution >= 0.6 is 0 Å². The highest BCUT2D eigenvalue weighted by atomic mass is 16.7. The standard InChI is InChI=1S/C21H29N3O3/c1-2-4-21(25)24-8-3-5-18(15-24)23-11-9-22(10-12-23)14-17-6-7-19-20(13-17)27-16-26-19/h2,6-7,13,18H,1,3-5,8-12,14-16H2/t18-/m0/s1. The molecule has 1 amide bonds. The van der Waals surface area contributed by atoms with Gasteiger partial charge in [0, 0.05) is 58.3 Å². The Morgan fingerprint density at radius 1 is 1.15 bits per heavy atom. The smallest absolute Gasteiger partial charge is 0.231 e. The van der Waals surface area contributed by atoms with Gasteiger partial charge in [-0.3, -0.25) is 14.6 Å². The average molecular weight is 371 g/mol. The van der Waals surface area contributed by atoms with E-state index < -0.39 is 0 Å². The lowest BCUT2D eigenvalue weighted by Crippen LogP contribution is -2.55. The third kappa shape index (κ3) is 4.28. The first-order chi connectivity index (χ1) is 13.2. The van der Waals surface area contributed by atoms with Gasteiger partial charge in [0.15, 0.2) is 11.5 Å². The van der Waals surface area contributed by atoms with Crippen LogP contribution in [0.4, 0.5) is 0 Å². The summed E-state index contributed by atoms with van der Waals surface area (Å²) in [6.45, 7) is 11.0. The first-order valence-electron chi connectivity index (χ1n) is 9.96. The van der Waals surface area contributed by atoms with Gasteiger partial charge in [0.2, 0.25) is 12.7 Å². The lowest BCUT2D eigenvalue weighted by molar-refractivity contribution is -0.132. The van der Waals surface area contributed by atoms with E-state index in [9.17, 15) is 4.79 Å². The molecule has 0 saturated carbocycles. The van der Waals surface area contributed by atoms with Gasteiger partial charge >= 0.3 is 0 Å². The lowest BCUT2D eigenvalue weighted by Gasteiger charge is -2.43. The van der Waals surface area contributed by atoms with Crippen LogP contribution in [-0.4, -0.2) is 72.7 Å². The quantitative estimate of drug-likeness (QED) is 0.742. The van der Waals surface area contributed by atoms with Gasteiger partial charge in [0.05, 0.1) is 0 Å². The van der Waals surface area contributed by atoms with E-state index in [1.165, 1.54) is 12.0 Å². The Balaban J connectivity index is 1.27. The molecule has 4 rings (SSSR count). The number of fused-ring (bicyclic) bond motifs is 1. The third-order valence-electron chi connectivity index (χ3n) is 5.83. The molecule has 1 aromatic carbocycles. The van der Waals surface area contributed by atoms with Crippen LogP contribution in [0.2, 0.25) is 0 Å². The third-order valence-corrected chi connectivity index (χ3v) is 5.83. The zero-order valence-corrected chi connectivity index (χ0v) is 15.9. The summed E-state index contributed by atoms with van der Waals surface area (Å²) in [7, 11) is 0. The van der Waals surface area contributed by atoms with Gasteiger partial charge in [-0.25, -0.2) is 0 Å². The summed E-state index contributed by atoms with van der Waals surface area (Å²) in [6.07, 6.45) is 4.46. The predicted molar refractivity (Wildman–Crippen MR) is 104 cm³/mol. The molecule has 0 unspecified atom stereocenters. The Bertz CT molecular complexity index is 685. The Labute approximate surface area is 161 Å². The summed E-state index contributed by atoms with van der Waals surface area (Å²) in [4.78, 5) is 19.3. The number of carbonyl (C=O) groups is 1. The molecule has 3 heterocycles. The molecule has 3 aliphatic rings. The molecule has 0 spiro atoms. The molecule has 6 nitrogen and oxygen atoms in total. The number of piperidine rings is 1. The van der Waals surface area contributed by atoms with E-state index >= 15 is 0 Å². The number of benzene rings is 1. The second kappa shape index (κ2) is 8.31. The molecule has 3 aliphatic heterocycles. The molecule has 27 heavy (non-hydrogen) atoms. The molecule has 146 valence electrons. The van der Waals surface area contributed by atoms with Crippen molar-refractivity contribution in [2.75, 3.05) is 46.1 Å². The lowest BCUT2D eigenvalue weighted by atomic mass is 10.0. The molecule has 0 N–H and O–H groups in total. The summed E-state index contributed by atoms with van der Waals surface area (Å²) in [5.41, 5.74) is 1.27. The monoisotopic (exact) mass is 371 g/mol. The number of carbonyl (C=O) groups excluding carboxylic acids is 1. The number of rotatable bonds is 5. The summed E-state index contributed by atoms with van der Waals surface area (Å²) in [6, 6.07) is 6.73. The summed E-state index contributed by atoms with van der Waals surface area (Å²) in [5.74, 6) is 1.92. The van der Waals surface area contributed by atoms with Gasteiger partial charge in [-0.15, -0.1) is 6.58 Å². The number of hydrogen-bond donors (Lipinski definition) is 0. The van der Waals surface area contributed by atoms with E-state index in [0.29, 0.717) is 19.3 Å². The van der Waals surface area contributed by atoms with Crippen molar-refractivity contribution < 1.29 is 14.3 Å². The SMILES string of the molecule is C=CCC(=O)N1CCC[C@H](N2CCN(Cc3ccc4c(c3)OCO4)CC2)C1. The maximum absolute atomic E-state index is 12.2. The van der Waals surface area contributed by atoms with Crippen molar-refractivity contribution in [2.45, 2.75) is 31.8 Å². The number of nitrogens with zero attached hydrogens (tertiary/aromatic N) is 3. The molecule has 1 atom stereocenters. The second-order valence-corrected chi connectivity index (χ2v) is 7.63. The molecule has 2 fully saturated rings. The van der Waals surface area contributed by atoms with Crippen molar-refractivity contribution in [3.8, 4) is 11.5 Å². The van der Waals surface area contributed by atoms with Crippen LogP contribution < -0.4 is 9.47 Å². The molecule has 0 aromatic heterocycles. The van der Waals surface area contributed by atoms with Crippen LogP contribution in [0.1, 0.15) is 24.8 Å². The van der Waals surface area contributed by atoms with Gasteiger partial charge < -0.3 is 14.4 Å². The van der Waals surface area contributed by atoms with E-state index in [1.807, 2.05) is 11.0 Å². The van der Waals surface area contributed by atoms with Crippen LogP contribution in [0.5, 0.6) is 11.5 Å². The highest BCUT2D eigenvalue weighted by molar-refractivity contribution is 5.77. The number of ether oxygens (including phenoxy) is 2. The van der Waals surface area contributed by atoms with Gasteiger partial charge in [-0.2, -0.15) is 0 Å². The van der Waals surface area contributed by atoms with Gasteiger partial charge in [-0.05, 0) is 30.5 Å². The maximum atomic E-state index is 12.2. The van der Waals surface area contributed by atoms with Crippen molar-refractivity contribution >= 4 is 5.91 Å². The maximum Gasteiger partial charge on any atom is 0.231 e. The summed E-state index contributed by atoms with van der Waals surface area (Å²) >= 11 is 0. The van der Waals surface area contributed by atoms with Crippen LogP contribution in [0.25, 0.3) is 0 Å². The van der Waals surface area contributed by atoms with Gasteiger partial charge in [0.1, 0.15) is 0 Å². The van der Waals surface area contributed by atoms with E-state index in [0.717, 1.165) is 63.7 Å². The van der Waals surface area contributed by atoms with Crippen LogP contribution in [-0.2, 0) is 11.3 Å². The van der Waals surface area contributed by atoms with Crippen molar-refractivity contribution in [2.24, 2.45) is 0 Å². The van der Waals surface area contributed by atoms with E-state index in [2.05, 4.69) is 28.5 Å². The van der Waals surface area contributed by atoms with Crippen LogP contribution in [0.15, 0.2) is 30.9 Å². The Morgan fingerprint density at radius 3 is 2.78 bits per heavy atom. The van der Waals surface area contributed by atoms with Gasteiger partial charge in [0.25, 0.3) is 0 Å². The Hall–Kier alpha value is -2.05. The van der Waals surface area contributed by atoms with Gasteiger partial charge in [-0.1, -0.05) is 12.1 Å². The first-order valence-corrected chi connectivity index (χ1v) is 9.96. The predicted octanol–water partition coefficient (Wildman–Crippen LogP) is 2.10. The topological polar surface area (TPSA) is 45.3 Å². The number of amides is 1. The Kier molecular flexibility index (Phi) is 5.64. The zero-order valence-electron chi connectivity index (χ0n) is 15.9. The highest BCUT2D eigenvalue weighted by Gasteiger charge is 2.29. The second-order valence-electron chi connectivity index (χ2n) is 7.63. The van der Waals surface area contributed by atoms with Crippen molar-refractivity contribution in [1.29, 1.82) is 0 Å². The van der Waals surface area contributed by atoms with Crippen LogP contribution in [0, 0.1) is 0 Å². The fourth-order valence-corrected chi connectivity index (χ4v) is 4.32. The minimum absolute atomic E-state index is 0.219. The van der Waals surface area contributed by atoms with E-state index in [-0.39, 0.29) is 5.91 Å². The number of piperazine rings is 1. The minimum atomic E-state index is 0.219. The fourth-order valence-electron chi connectivity index (χ4n) is 4.32. The average Bonchev–Trinajstić information content (AvgIpc) is 3.17. The van der Waals surface area contributed by atoms with E-state index in [4.69, 9.17) is 9.47 Å². The summed E-state index contributed by atoms with van der Waals surface area (Å²) in [5, 5.41) is 0. The van der Waals surface area contributed by atoms with Crippen molar-refractivity contribution in [3.63, 3.8) is 0 Å². The zero-order chi connectivity index (χ0) is 18.6. The Morgan fingerprint density at radius 2 is 1.96 bits per heavy atom. The minimum Gasteiger partial charge on any atom is -0.454 e. The molecule has 2 saturated heterocycles. The molecule has 6 heteroatoms. The van der Waals surface area contributed by atoms with Crippen molar-refractivity contribution in [1.82, 2.24) is 14.7 Å². The number of hydrogen-bond acceptors (Lipinski definition) is 5. The summed E-state index contributed by atoms with van der Waals surface area (Å²) < 4.78 is 10.9. The molecular weight excluding hydrogens is 342 g/mol. The molecule has 0 aliphatic carbocycles.